The molecule has 2 N–H and O–H groups in total. The molecule has 1 aromatic heterocycles. The molecule has 6 heteroatoms. The maximum Gasteiger partial charge on any atom is 0.144 e. The number of likely N-dealkylation sites (N-methyl/N-ethyl adjacent to an activating group) is 1. The van der Waals surface area contributed by atoms with Gasteiger partial charge >= 0.3 is 0 Å². The van der Waals surface area contributed by atoms with Crippen molar-refractivity contribution in [3.8, 4) is 0 Å². The second kappa shape index (κ2) is 11.0. The molecular formula is C19H32N6. The van der Waals surface area contributed by atoms with Crippen molar-refractivity contribution < 1.29 is 0 Å². The first-order chi connectivity index (χ1) is 12.2. The van der Waals surface area contributed by atoms with Crippen LogP contribution in [-0.2, 0) is 6.54 Å². The van der Waals surface area contributed by atoms with Gasteiger partial charge in [-0.05, 0) is 45.6 Å². The molecule has 1 aromatic rings. The molecule has 138 valence electrons. The molecule has 1 aliphatic heterocycles. The molecule has 1 aliphatic rings. The molecular weight excluding hydrogens is 312 g/mol. The number of hydrogen-bond donors (Lipinski definition) is 2. The minimum atomic E-state index is 0.789. The van der Waals surface area contributed by atoms with Crippen molar-refractivity contribution >= 4 is 5.82 Å². The minimum absolute atomic E-state index is 0.789. The lowest BCUT2D eigenvalue weighted by molar-refractivity contribution is 0.145. The first kappa shape index (κ1) is 19.6. The van der Waals surface area contributed by atoms with Gasteiger partial charge in [-0.3, -0.25) is 4.90 Å². The minimum Gasteiger partial charge on any atom is -0.370 e. The maximum atomic E-state index is 4.86. The lowest BCUT2D eigenvalue weighted by Gasteiger charge is -2.31. The number of hydrogen-bond acceptors (Lipinski definition) is 6. The van der Waals surface area contributed by atoms with Crippen LogP contribution >= 0.6 is 0 Å². The van der Waals surface area contributed by atoms with Crippen molar-refractivity contribution in [1.29, 1.82) is 0 Å². The highest BCUT2D eigenvalue weighted by Crippen LogP contribution is 2.10. The van der Waals surface area contributed by atoms with Crippen LogP contribution in [0.3, 0.4) is 0 Å². The average Bonchev–Trinajstić information content (AvgIpc) is 2.61. The van der Waals surface area contributed by atoms with Crippen LogP contribution in [0, 0.1) is 6.92 Å². The maximum absolute atomic E-state index is 4.86. The summed E-state index contributed by atoms with van der Waals surface area (Å²) in [5, 5.41) is 6.65. The van der Waals surface area contributed by atoms with Crippen molar-refractivity contribution in [2.75, 3.05) is 58.7 Å². The van der Waals surface area contributed by atoms with Gasteiger partial charge in [-0.25, -0.2) is 9.97 Å². The molecule has 0 aliphatic carbocycles. The Morgan fingerprint density at radius 2 is 1.88 bits per heavy atom. The molecule has 6 nitrogen and oxygen atoms in total. The first-order valence-corrected chi connectivity index (χ1v) is 9.14. The first-order valence-electron chi connectivity index (χ1n) is 9.14. The normalized spacial score (nSPS) is 15.6. The smallest absolute Gasteiger partial charge is 0.144 e. The molecule has 1 fully saturated rings. The molecule has 25 heavy (non-hydrogen) atoms. The third kappa shape index (κ3) is 7.34. The molecule has 1 saturated heterocycles. The van der Waals surface area contributed by atoms with Crippen LogP contribution in [0.5, 0.6) is 0 Å². The van der Waals surface area contributed by atoms with Crippen LogP contribution in [0.4, 0.5) is 5.82 Å². The van der Waals surface area contributed by atoms with E-state index in [4.69, 9.17) is 4.98 Å². The lowest BCUT2D eigenvalue weighted by Crippen LogP contribution is -2.44. The Hall–Kier alpha value is -1.76. The third-order valence-corrected chi connectivity index (χ3v) is 4.35. The second-order valence-electron chi connectivity index (χ2n) is 6.55. The zero-order valence-corrected chi connectivity index (χ0v) is 15.8. The second-order valence-corrected chi connectivity index (χ2v) is 6.55. The Labute approximate surface area is 152 Å². The summed E-state index contributed by atoms with van der Waals surface area (Å²) >= 11 is 0. The summed E-state index contributed by atoms with van der Waals surface area (Å²) in [6.45, 7) is 9.10. The Morgan fingerprint density at radius 3 is 2.64 bits per heavy atom. The van der Waals surface area contributed by atoms with E-state index in [0.29, 0.717) is 0 Å². The van der Waals surface area contributed by atoms with Crippen LogP contribution < -0.4 is 10.6 Å². The zero-order valence-electron chi connectivity index (χ0n) is 15.8. The van der Waals surface area contributed by atoms with E-state index in [2.05, 4.69) is 45.5 Å². The SMILES string of the molecule is CNCCCNc1nc(CN2CCN(C)CC2)ncccccc1C. The highest BCUT2D eigenvalue weighted by atomic mass is 15.3. The van der Waals surface area contributed by atoms with Gasteiger partial charge in [-0.2, -0.15) is 0 Å². The quantitative estimate of drug-likeness (QED) is 0.734. The summed E-state index contributed by atoms with van der Waals surface area (Å²) in [6.07, 6.45) is 2.89. The Balaban J connectivity index is 2.18. The molecule has 0 radical (unpaired) electrons. The highest BCUT2D eigenvalue weighted by molar-refractivity contribution is 5.41. The molecule has 0 spiro atoms. The number of nitrogens with zero attached hydrogens (tertiary/aromatic N) is 4. The number of rotatable bonds is 7. The highest BCUT2D eigenvalue weighted by Gasteiger charge is 2.14. The molecule has 0 bridgehead atoms. The predicted molar refractivity (Wildman–Crippen MR) is 104 cm³/mol. The summed E-state index contributed by atoms with van der Waals surface area (Å²) < 4.78 is 0. The van der Waals surface area contributed by atoms with E-state index in [-0.39, 0.29) is 0 Å². The third-order valence-electron chi connectivity index (χ3n) is 4.35. The standard InChI is InChI=1S/C19H32N6/c1-17-8-5-4-6-10-21-18(16-25-14-12-24(3)13-15-25)23-19(17)22-11-7-9-20-2/h4-6,8,10,20H,7,9,11-16H2,1-3H3,(H,21,22,23). The van der Waals surface area contributed by atoms with Gasteiger partial charge < -0.3 is 15.5 Å². The molecule has 0 aromatic carbocycles. The van der Waals surface area contributed by atoms with E-state index < -0.39 is 0 Å². The number of aryl methyl sites for hydroxylation is 1. The zero-order chi connectivity index (χ0) is 17.9. The van der Waals surface area contributed by atoms with E-state index >= 15 is 0 Å². The van der Waals surface area contributed by atoms with E-state index in [9.17, 15) is 0 Å². The largest absolute Gasteiger partial charge is 0.370 e. The lowest BCUT2D eigenvalue weighted by atomic mass is 10.3. The number of piperazine rings is 1. The van der Waals surface area contributed by atoms with Crippen molar-refractivity contribution in [3.05, 3.63) is 41.9 Å². The summed E-state index contributed by atoms with van der Waals surface area (Å²) in [7, 11) is 4.15. The predicted octanol–water partition coefficient (Wildman–Crippen LogP) is 1.68. The molecule has 2 rings (SSSR count). The van der Waals surface area contributed by atoms with Gasteiger partial charge in [0.05, 0.1) is 6.54 Å². The van der Waals surface area contributed by atoms with Gasteiger partial charge in [0.15, 0.2) is 0 Å². The number of anilines is 1. The van der Waals surface area contributed by atoms with E-state index in [0.717, 1.165) is 69.4 Å². The molecule has 0 amide bonds. The van der Waals surface area contributed by atoms with Crippen molar-refractivity contribution in [3.63, 3.8) is 0 Å². The van der Waals surface area contributed by atoms with E-state index in [1.807, 2.05) is 31.4 Å². The van der Waals surface area contributed by atoms with Gasteiger partial charge in [0, 0.05) is 38.9 Å². The molecule has 0 atom stereocenters. The van der Waals surface area contributed by atoms with Gasteiger partial charge in [0.1, 0.15) is 11.6 Å². The van der Waals surface area contributed by atoms with Gasteiger partial charge in [-0.1, -0.05) is 18.2 Å². The fourth-order valence-corrected chi connectivity index (χ4v) is 2.70. The van der Waals surface area contributed by atoms with Gasteiger partial charge in [0.25, 0.3) is 0 Å². The average molecular weight is 345 g/mol. The van der Waals surface area contributed by atoms with Crippen molar-refractivity contribution in [2.24, 2.45) is 0 Å². The van der Waals surface area contributed by atoms with Crippen molar-refractivity contribution in [2.45, 2.75) is 19.9 Å². The van der Waals surface area contributed by atoms with Gasteiger partial charge in [-0.15, -0.1) is 0 Å². The van der Waals surface area contributed by atoms with Crippen LogP contribution in [0.2, 0.25) is 0 Å². The number of nitrogens with one attached hydrogen (secondary N) is 2. The fraction of sp³-hybridized carbons (Fsp3) is 0.579. The summed E-state index contributed by atoms with van der Waals surface area (Å²) in [5.74, 6) is 1.78. The molecule has 0 unspecified atom stereocenters. The monoisotopic (exact) mass is 344 g/mol. The van der Waals surface area contributed by atoms with Crippen LogP contribution in [0.15, 0.2) is 30.5 Å². The van der Waals surface area contributed by atoms with E-state index in [1.165, 1.54) is 0 Å². The number of aromatic nitrogens is 2. The Bertz CT molecular complexity index is 568. The van der Waals surface area contributed by atoms with Crippen LogP contribution in [0.25, 0.3) is 0 Å². The fourth-order valence-electron chi connectivity index (χ4n) is 2.70. The summed E-state index contributed by atoms with van der Waals surface area (Å²) in [6, 6.07) is 8.07. The Morgan fingerprint density at radius 1 is 1.08 bits per heavy atom. The van der Waals surface area contributed by atoms with E-state index in [1.54, 1.807) is 0 Å². The summed E-state index contributed by atoms with van der Waals surface area (Å²) in [5.41, 5.74) is 1.13. The van der Waals surface area contributed by atoms with Gasteiger partial charge in [0.2, 0.25) is 0 Å². The van der Waals surface area contributed by atoms with Crippen molar-refractivity contribution in [1.82, 2.24) is 25.1 Å². The Kier molecular flexibility index (Phi) is 8.59. The molecule has 0 saturated carbocycles. The van der Waals surface area contributed by atoms with Crippen LogP contribution in [0.1, 0.15) is 17.8 Å². The molecule has 2 heterocycles. The summed E-state index contributed by atoms with van der Waals surface area (Å²) in [4.78, 5) is 14.2. The van der Waals surface area contributed by atoms with Crippen LogP contribution in [-0.4, -0.2) is 73.1 Å². The topological polar surface area (TPSA) is 56.3 Å².